The van der Waals surface area contributed by atoms with E-state index in [1.165, 1.54) is 12.8 Å². The van der Waals surface area contributed by atoms with Crippen LogP contribution >= 0.6 is 11.8 Å². The molecule has 0 aromatic heterocycles. The third-order valence-electron chi connectivity index (χ3n) is 2.82. The molecule has 1 aliphatic heterocycles. The molecule has 1 heterocycles. The number of rotatable bonds is 4. The number of nitrogens with zero attached hydrogens (tertiary/aromatic N) is 1. The predicted molar refractivity (Wildman–Crippen MR) is 64.0 cm³/mol. The maximum Gasteiger partial charge on any atom is 0.241 e. The number of hydrogen-bond acceptors (Lipinski definition) is 3. The first-order chi connectivity index (χ1) is 7.33. The minimum atomic E-state index is 0.0318. The topological polar surface area (TPSA) is 32.3 Å². The van der Waals surface area contributed by atoms with Gasteiger partial charge in [0.1, 0.15) is 0 Å². The highest BCUT2D eigenvalue weighted by Crippen LogP contribution is 2.27. The van der Waals surface area contributed by atoms with Crippen molar-refractivity contribution in [2.24, 2.45) is 0 Å². The van der Waals surface area contributed by atoms with Crippen molar-refractivity contribution in [3.05, 3.63) is 12.7 Å². The standard InChI is InChI=1S/C11H18N2OS/c1-2-6-13(9-3-4-9)11(14)10-8-15-7-5-12-10/h2,9-10,12H,1,3-8H2. The van der Waals surface area contributed by atoms with E-state index in [0.29, 0.717) is 12.6 Å². The summed E-state index contributed by atoms with van der Waals surface area (Å²) < 4.78 is 0. The van der Waals surface area contributed by atoms with Crippen LogP contribution in [-0.2, 0) is 4.79 Å². The van der Waals surface area contributed by atoms with Crippen LogP contribution < -0.4 is 5.32 Å². The first-order valence-electron chi connectivity index (χ1n) is 5.55. The van der Waals surface area contributed by atoms with E-state index < -0.39 is 0 Å². The van der Waals surface area contributed by atoms with Gasteiger partial charge in [-0.3, -0.25) is 4.79 Å². The molecule has 0 aromatic rings. The van der Waals surface area contributed by atoms with Crippen molar-refractivity contribution < 1.29 is 4.79 Å². The summed E-state index contributed by atoms with van der Waals surface area (Å²) in [5.74, 6) is 2.30. The Morgan fingerprint density at radius 3 is 2.93 bits per heavy atom. The van der Waals surface area contributed by atoms with Gasteiger partial charge < -0.3 is 10.2 Å². The molecule has 2 aliphatic rings. The average Bonchev–Trinajstić information content (AvgIpc) is 3.10. The van der Waals surface area contributed by atoms with E-state index in [1.54, 1.807) is 0 Å². The van der Waals surface area contributed by atoms with E-state index in [2.05, 4.69) is 11.9 Å². The summed E-state index contributed by atoms with van der Waals surface area (Å²) in [7, 11) is 0. The highest BCUT2D eigenvalue weighted by Gasteiger charge is 2.35. The Hall–Kier alpha value is -0.480. The normalized spacial score (nSPS) is 26.0. The molecule has 1 saturated carbocycles. The molecule has 1 atom stereocenters. The highest BCUT2D eigenvalue weighted by molar-refractivity contribution is 7.99. The van der Waals surface area contributed by atoms with Crippen molar-refractivity contribution in [1.29, 1.82) is 0 Å². The van der Waals surface area contributed by atoms with E-state index in [4.69, 9.17) is 0 Å². The van der Waals surface area contributed by atoms with Gasteiger partial charge in [-0.15, -0.1) is 6.58 Å². The van der Waals surface area contributed by atoms with Crippen LogP contribution in [0.4, 0.5) is 0 Å². The van der Waals surface area contributed by atoms with Crippen LogP contribution in [0.5, 0.6) is 0 Å². The van der Waals surface area contributed by atoms with Gasteiger partial charge in [0.05, 0.1) is 6.04 Å². The van der Waals surface area contributed by atoms with Gasteiger partial charge in [-0.1, -0.05) is 6.08 Å². The molecule has 84 valence electrons. The Kier molecular flexibility index (Phi) is 3.70. The van der Waals surface area contributed by atoms with E-state index in [9.17, 15) is 4.79 Å². The van der Waals surface area contributed by atoms with Gasteiger partial charge in [-0.25, -0.2) is 0 Å². The van der Waals surface area contributed by atoms with Crippen molar-refractivity contribution in [3.63, 3.8) is 0 Å². The van der Waals surface area contributed by atoms with E-state index >= 15 is 0 Å². The summed E-state index contributed by atoms with van der Waals surface area (Å²) in [6, 6.07) is 0.522. The first kappa shape index (κ1) is 11.0. The summed E-state index contributed by atoms with van der Waals surface area (Å²) >= 11 is 1.86. The zero-order chi connectivity index (χ0) is 10.7. The number of hydrogen-bond donors (Lipinski definition) is 1. The number of nitrogens with one attached hydrogen (secondary N) is 1. The lowest BCUT2D eigenvalue weighted by molar-refractivity contribution is -0.132. The predicted octanol–water partition coefficient (Wildman–Crippen LogP) is 0.868. The minimum Gasteiger partial charge on any atom is -0.335 e. The summed E-state index contributed by atoms with van der Waals surface area (Å²) in [5, 5.41) is 3.29. The van der Waals surface area contributed by atoms with Gasteiger partial charge in [-0.2, -0.15) is 11.8 Å². The number of thioether (sulfide) groups is 1. The van der Waals surface area contributed by atoms with E-state index in [0.717, 1.165) is 18.1 Å². The molecule has 0 radical (unpaired) electrons. The summed E-state index contributed by atoms with van der Waals surface area (Å²) in [6.07, 6.45) is 4.16. The molecule has 1 N–H and O–H groups in total. The number of amides is 1. The van der Waals surface area contributed by atoms with Crippen LogP contribution in [0.25, 0.3) is 0 Å². The van der Waals surface area contributed by atoms with Gasteiger partial charge >= 0.3 is 0 Å². The van der Waals surface area contributed by atoms with E-state index in [1.807, 2.05) is 22.7 Å². The molecule has 0 spiro atoms. The molecule has 15 heavy (non-hydrogen) atoms. The second-order valence-electron chi connectivity index (χ2n) is 4.09. The molecule has 0 bridgehead atoms. The van der Waals surface area contributed by atoms with Gasteiger partial charge in [0.25, 0.3) is 0 Å². The molecule has 3 nitrogen and oxygen atoms in total. The summed E-state index contributed by atoms with van der Waals surface area (Å²) in [6.45, 7) is 5.37. The largest absolute Gasteiger partial charge is 0.335 e. The molecule has 1 aliphatic carbocycles. The van der Waals surface area contributed by atoms with Crippen LogP contribution in [0.15, 0.2) is 12.7 Å². The maximum atomic E-state index is 12.2. The van der Waals surface area contributed by atoms with Gasteiger partial charge in [0, 0.05) is 30.6 Å². The first-order valence-corrected chi connectivity index (χ1v) is 6.71. The highest BCUT2D eigenvalue weighted by atomic mass is 32.2. The van der Waals surface area contributed by atoms with Gasteiger partial charge in [0.2, 0.25) is 5.91 Å². The average molecular weight is 226 g/mol. The van der Waals surface area contributed by atoms with Crippen LogP contribution in [0.2, 0.25) is 0 Å². The Balaban J connectivity index is 1.93. The van der Waals surface area contributed by atoms with Crippen molar-refractivity contribution in [3.8, 4) is 0 Å². The van der Waals surface area contributed by atoms with Crippen molar-refractivity contribution in [2.45, 2.75) is 24.9 Å². The smallest absolute Gasteiger partial charge is 0.241 e. The lowest BCUT2D eigenvalue weighted by atomic mass is 10.2. The zero-order valence-electron chi connectivity index (χ0n) is 8.95. The Bertz CT molecular complexity index is 247. The van der Waals surface area contributed by atoms with Gasteiger partial charge in [0.15, 0.2) is 0 Å². The quantitative estimate of drug-likeness (QED) is 0.722. The number of carbonyl (C=O) groups excluding carboxylic acids is 1. The second-order valence-corrected chi connectivity index (χ2v) is 5.24. The van der Waals surface area contributed by atoms with Crippen molar-refractivity contribution >= 4 is 17.7 Å². The van der Waals surface area contributed by atoms with Crippen LogP contribution in [0.3, 0.4) is 0 Å². The molecule has 1 saturated heterocycles. The summed E-state index contributed by atoms with van der Waals surface area (Å²) in [5.41, 5.74) is 0. The second kappa shape index (κ2) is 5.03. The fourth-order valence-electron chi connectivity index (χ4n) is 1.87. The van der Waals surface area contributed by atoms with Crippen LogP contribution in [-0.4, -0.2) is 47.5 Å². The van der Waals surface area contributed by atoms with E-state index in [-0.39, 0.29) is 11.9 Å². The Labute approximate surface area is 95.3 Å². The molecule has 1 unspecified atom stereocenters. The fraction of sp³-hybridized carbons (Fsp3) is 0.727. The third-order valence-corrected chi connectivity index (χ3v) is 3.88. The SMILES string of the molecule is C=CCN(C(=O)C1CSCCN1)C1CC1. The van der Waals surface area contributed by atoms with Crippen molar-refractivity contribution in [2.75, 3.05) is 24.6 Å². The Morgan fingerprint density at radius 2 is 2.40 bits per heavy atom. The molecule has 2 fully saturated rings. The molecule has 2 rings (SSSR count). The zero-order valence-corrected chi connectivity index (χ0v) is 9.76. The number of carbonyl (C=O) groups is 1. The molecule has 0 aromatic carbocycles. The Morgan fingerprint density at radius 1 is 1.60 bits per heavy atom. The van der Waals surface area contributed by atoms with Crippen molar-refractivity contribution in [1.82, 2.24) is 10.2 Å². The monoisotopic (exact) mass is 226 g/mol. The fourth-order valence-corrected chi connectivity index (χ4v) is 2.79. The minimum absolute atomic E-state index is 0.0318. The summed E-state index contributed by atoms with van der Waals surface area (Å²) in [4.78, 5) is 14.2. The third kappa shape index (κ3) is 2.75. The molecule has 1 amide bonds. The molecular weight excluding hydrogens is 208 g/mol. The lowest BCUT2D eigenvalue weighted by Gasteiger charge is -2.29. The van der Waals surface area contributed by atoms with Crippen LogP contribution in [0.1, 0.15) is 12.8 Å². The van der Waals surface area contributed by atoms with Gasteiger partial charge in [-0.05, 0) is 12.8 Å². The molecule has 4 heteroatoms. The lowest BCUT2D eigenvalue weighted by Crippen LogP contribution is -2.51. The van der Waals surface area contributed by atoms with Crippen LogP contribution in [0, 0.1) is 0 Å². The molecular formula is C11H18N2OS. The maximum absolute atomic E-state index is 12.2.